The van der Waals surface area contributed by atoms with Crippen LogP contribution in [0.5, 0.6) is 0 Å². The Hall–Kier alpha value is 0.314. The molecular formula is C19H40O3Si2. The predicted molar refractivity (Wildman–Crippen MR) is 107 cm³/mol. The molecule has 1 saturated heterocycles. The second-order valence-corrected chi connectivity index (χ2v) is 20.7. The van der Waals surface area contributed by atoms with Gasteiger partial charge < -0.3 is 13.6 Å². The zero-order valence-corrected chi connectivity index (χ0v) is 19.9. The number of epoxide rings is 1. The fraction of sp³-hybridized carbons (Fsp3) is 1.00. The van der Waals surface area contributed by atoms with E-state index in [1.165, 1.54) is 0 Å². The summed E-state index contributed by atoms with van der Waals surface area (Å²) in [4.78, 5) is 0. The Balaban J connectivity index is 2.09. The minimum absolute atomic E-state index is 0.0185. The molecule has 0 aromatic rings. The van der Waals surface area contributed by atoms with E-state index in [2.05, 4.69) is 74.7 Å². The molecule has 0 unspecified atom stereocenters. The summed E-state index contributed by atoms with van der Waals surface area (Å²) in [5.74, 6) is 0.366. The van der Waals surface area contributed by atoms with Crippen molar-refractivity contribution in [2.75, 3.05) is 6.61 Å². The Morgan fingerprint density at radius 3 is 1.92 bits per heavy atom. The number of ether oxygens (including phenoxy) is 1. The Bertz CT molecular complexity index is 476. The molecule has 1 aliphatic heterocycles. The summed E-state index contributed by atoms with van der Waals surface area (Å²) >= 11 is 0. The topological polar surface area (TPSA) is 31.0 Å². The molecule has 142 valence electrons. The van der Waals surface area contributed by atoms with E-state index in [1.54, 1.807) is 0 Å². The van der Waals surface area contributed by atoms with E-state index in [9.17, 15) is 0 Å². The van der Waals surface area contributed by atoms with Gasteiger partial charge in [0.25, 0.3) is 0 Å². The van der Waals surface area contributed by atoms with Crippen molar-refractivity contribution < 1.29 is 13.6 Å². The molecule has 0 aromatic carbocycles. The molecule has 1 saturated carbocycles. The van der Waals surface area contributed by atoms with Gasteiger partial charge in [0.05, 0.1) is 17.8 Å². The maximum absolute atomic E-state index is 6.79. The van der Waals surface area contributed by atoms with Crippen LogP contribution in [-0.4, -0.2) is 41.1 Å². The summed E-state index contributed by atoms with van der Waals surface area (Å²) in [7, 11) is -3.51. The minimum Gasteiger partial charge on any atom is -0.416 e. The van der Waals surface area contributed by atoms with Crippen molar-refractivity contribution in [3.63, 3.8) is 0 Å². The average molecular weight is 373 g/mol. The van der Waals surface area contributed by atoms with E-state index < -0.39 is 16.6 Å². The second kappa shape index (κ2) is 5.91. The van der Waals surface area contributed by atoms with Crippen molar-refractivity contribution in [3.8, 4) is 0 Å². The van der Waals surface area contributed by atoms with Crippen LogP contribution in [0.25, 0.3) is 0 Å². The third kappa shape index (κ3) is 3.70. The minimum atomic E-state index is -1.77. The Kier molecular flexibility index (Phi) is 5.08. The van der Waals surface area contributed by atoms with E-state index in [-0.39, 0.29) is 15.7 Å². The first kappa shape index (κ1) is 20.6. The molecule has 3 nitrogen and oxygen atoms in total. The van der Waals surface area contributed by atoms with Gasteiger partial charge in [-0.15, -0.1) is 0 Å². The molecule has 1 heterocycles. The van der Waals surface area contributed by atoms with Gasteiger partial charge in [-0.25, -0.2) is 0 Å². The van der Waals surface area contributed by atoms with Crippen LogP contribution in [0.3, 0.4) is 0 Å². The van der Waals surface area contributed by atoms with Gasteiger partial charge in [-0.05, 0) is 43.2 Å². The van der Waals surface area contributed by atoms with Crippen molar-refractivity contribution in [1.82, 2.24) is 0 Å². The Labute approximate surface area is 152 Å². The van der Waals surface area contributed by atoms with E-state index >= 15 is 0 Å². The van der Waals surface area contributed by atoms with Gasteiger partial charge in [-0.2, -0.15) is 0 Å². The highest BCUT2D eigenvalue weighted by Gasteiger charge is 2.67. The molecule has 2 rings (SSSR count). The molecule has 0 N–H and O–H groups in total. The summed E-state index contributed by atoms with van der Waals surface area (Å²) in [5.41, 5.74) is -0.0185. The number of fused-ring (bicyclic) bond motifs is 1. The van der Waals surface area contributed by atoms with Crippen LogP contribution >= 0.6 is 0 Å². The summed E-state index contributed by atoms with van der Waals surface area (Å²) < 4.78 is 19.4. The lowest BCUT2D eigenvalue weighted by Crippen LogP contribution is -2.49. The SMILES string of the molecule is CC(C)(C)[Si](C)(C)OC[C@@H]1[C@@H](O[Si](C)(C)C(C)(C)C)C[C@H]2O[C@@]12C. The van der Waals surface area contributed by atoms with E-state index in [4.69, 9.17) is 13.6 Å². The van der Waals surface area contributed by atoms with Crippen LogP contribution in [0.4, 0.5) is 0 Å². The first-order valence-corrected chi connectivity index (χ1v) is 15.3. The largest absolute Gasteiger partial charge is 0.416 e. The van der Waals surface area contributed by atoms with Crippen LogP contribution in [0.2, 0.25) is 36.3 Å². The van der Waals surface area contributed by atoms with Crippen molar-refractivity contribution in [2.24, 2.45) is 5.92 Å². The van der Waals surface area contributed by atoms with Gasteiger partial charge in [-0.1, -0.05) is 41.5 Å². The second-order valence-electron chi connectivity index (χ2n) is 11.1. The first-order chi connectivity index (χ1) is 10.5. The van der Waals surface area contributed by atoms with Crippen LogP contribution < -0.4 is 0 Å². The lowest BCUT2D eigenvalue weighted by Gasteiger charge is -2.42. The summed E-state index contributed by atoms with van der Waals surface area (Å²) in [6.07, 6.45) is 1.70. The highest BCUT2D eigenvalue weighted by atomic mass is 28.4. The summed E-state index contributed by atoms with van der Waals surface area (Å²) in [6.45, 7) is 26.3. The fourth-order valence-electron chi connectivity index (χ4n) is 3.10. The maximum atomic E-state index is 6.79. The zero-order chi connectivity index (χ0) is 18.8. The molecule has 5 heteroatoms. The number of hydrogen-bond donors (Lipinski definition) is 0. The molecule has 0 radical (unpaired) electrons. The average Bonchev–Trinajstić information content (AvgIpc) is 2.89. The monoisotopic (exact) mass is 372 g/mol. The molecule has 0 aromatic heterocycles. The lowest BCUT2D eigenvalue weighted by atomic mass is 9.96. The summed E-state index contributed by atoms with van der Waals surface area (Å²) in [5, 5.41) is 0.485. The summed E-state index contributed by atoms with van der Waals surface area (Å²) in [6, 6.07) is 0. The molecule has 24 heavy (non-hydrogen) atoms. The van der Waals surface area contributed by atoms with E-state index in [1.807, 2.05) is 0 Å². The number of rotatable bonds is 5. The van der Waals surface area contributed by atoms with Gasteiger partial charge in [0, 0.05) is 18.9 Å². The van der Waals surface area contributed by atoms with Crippen molar-refractivity contribution in [3.05, 3.63) is 0 Å². The normalized spacial score (nSPS) is 34.4. The molecule has 2 fully saturated rings. The fourth-order valence-corrected chi connectivity index (χ4v) is 5.50. The third-order valence-corrected chi connectivity index (χ3v) is 16.3. The Morgan fingerprint density at radius 1 is 0.958 bits per heavy atom. The highest BCUT2D eigenvalue weighted by molar-refractivity contribution is 6.74. The molecule has 0 bridgehead atoms. The molecule has 4 atom stereocenters. The lowest BCUT2D eigenvalue weighted by molar-refractivity contribution is 0.0281. The van der Waals surface area contributed by atoms with Crippen molar-refractivity contribution in [2.45, 2.75) is 109 Å². The maximum Gasteiger partial charge on any atom is 0.192 e. The molecule has 2 aliphatic rings. The molecule has 0 spiro atoms. The standard InChI is InChI=1S/C19H40O3Si2/c1-17(2,3)23(8,9)20-13-14-15(12-16-19(14,7)21-16)22-24(10,11)18(4,5)6/h14-16H,12-13H2,1-11H3/t14-,15+,16-,19+/m1/s1. The smallest absolute Gasteiger partial charge is 0.192 e. The van der Waals surface area contributed by atoms with Gasteiger partial charge in [0.2, 0.25) is 0 Å². The van der Waals surface area contributed by atoms with Gasteiger partial charge in [-0.3, -0.25) is 0 Å². The van der Waals surface area contributed by atoms with Crippen molar-refractivity contribution >= 4 is 16.6 Å². The quantitative estimate of drug-likeness (QED) is 0.466. The third-order valence-electron chi connectivity index (χ3n) is 7.29. The van der Waals surface area contributed by atoms with E-state index in [0.29, 0.717) is 18.1 Å². The van der Waals surface area contributed by atoms with E-state index in [0.717, 1.165) is 13.0 Å². The Morgan fingerprint density at radius 2 is 1.46 bits per heavy atom. The molecule has 1 aliphatic carbocycles. The van der Waals surface area contributed by atoms with Gasteiger partial charge in [0.1, 0.15) is 0 Å². The van der Waals surface area contributed by atoms with Gasteiger partial charge in [0.15, 0.2) is 16.6 Å². The first-order valence-electron chi connectivity index (χ1n) is 9.51. The molecular weight excluding hydrogens is 332 g/mol. The van der Waals surface area contributed by atoms with Gasteiger partial charge >= 0.3 is 0 Å². The van der Waals surface area contributed by atoms with Crippen LogP contribution in [0, 0.1) is 5.92 Å². The van der Waals surface area contributed by atoms with Crippen LogP contribution in [0.1, 0.15) is 54.9 Å². The molecule has 0 amide bonds. The van der Waals surface area contributed by atoms with Crippen molar-refractivity contribution in [1.29, 1.82) is 0 Å². The predicted octanol–water partition coefficient (Wildman–Crippen LogP) is 5.58. The number of hydrogen-bond acceptors (Lipinski definition) is 3. The zero-order valence-electron chi connectivity index (χ0n) is 17.9. The van der Waals surface area contributed by atoms with Crippen LogP contribution in [-0.2, 0) is 13.6 Å². The highest BCUT2D eigenvalue weighted by Crippen LogP contribution is 2.56. The van der Waals surface area contributed by atoms with Crippen LogP contribution in [0.15, 0.2) is 0 Å².